The maximum absolute atomic E-state index is 14.5. The van der Waals surface area contributed by atoms with Gasteiger partial charge < -0.3 is 20.3 Å². The summed E-state index contributed by atoms with van der Waals surface area (Å²) in [5.41, 5.74) is 6.98. The molecule has 2 heterocycles. The van der Waals surface area contributed by atoms with E-state index >= 15 is 0 Å². The molecule has 0 atom stereocenters. The maximum Gasteiger partial charge on any atom is 0.148 e. The van der Waals surface area contributed by atoms with Gasteiger partial charge in [0.1, 0.15) is 23.2 Å². The minimum absolute atomic E-state index is 0.142. The summed E-state index contributed by atoms with van der Waals surface area (Å²) in [5, 5.41) is -0.205. The van der Waals surface area contributed by atoms with Gasteiger partial charge in [-0.05, 0) is 37.2 Å². The van der Waals surface area contributed by atoms with Crippen LogP contribution in [0.3, 0.4) is 0 Å². The van der Waals surface area contributed by atoms with Gasteiger partial charge in [0.05, 0.1) is 29.2 Å². The first-order valence-electron chi connectivity index (χ1n) is 10.1. The normalized spacial score (nSPS) is 18.7. The summed E-state index contributed by atoms with van der Waals surface area (Å²) in [6.45, 7) is 2.77. The third-order valence-electron chi connectivity index (χ3n) is 6.62. The molecular weight excluding hydrogens is 415 g/mol. The molecule has 2 saturated heterocycles. The zero-order valence-electron chi connectivity index (χ0n) is 16.9. The van der Waals surface area contributed by atoms with Gasteiger partial charge in [0.15, 0.2) is 0 Å². The molecule has 0 radical (unpaired) electrons. The van der Waals surface area contributed by atoms with E-state index in [2.05, 4.69) is 0 Å². The van der Waals surface area contributed by atoms with Crippen molar-refractivity contribution in [1.82, 2.24) is 0 Å². The number of methoxy groups -OCH3 is 1. The monoisotopic (exact) mass is 439 g/mol. The predicted molar refractivity (Wildman–Crippen MR) is 114 cm³/mol. The van der Waals surface area contributed by atoms with Crippen LogP contribution in [0.25, 0.3) is 0 Å². The van der Waals surface area contributed by atoms with Crippen molar-refractivity contribution in [3.63, 3.8) is 0 Å². The second kappa shape index (κ2) is 8.10. The molecule has 0 aliphatic carbocycles. The van der Waals surface area contributed by atoms with Crippen molar-refractivity contribution in [2.24, 2.45) is 5.41 Å². The van der Waals surface area contributed by atoms with Crippen molar-refractivity contribution in [3.05, 3.63) is 46.7 Å². The second-order valence-corrected chi connectivity index (χ2v) is 8.64. The standard InChI is InChI=1S/C22H25ClF3N3O/c1-30-21-13-20(17(26)11-18(21)27)29-8-4-22(5-9-29)2-6-28(7-3-22)19-12-15(24)14(23)10-16(19)25/h10-13H,2-9,27H2,1H3. The number of anilines is 3. The maximum atomic E-state index is 14.5. The van der Waals surface area contributed by atoms with E-state index in [0.29, 0.717) is 24.5 Å². The smallest absolute Gasteiger partial charge is 0.148 e. The van der Waals surface area contributed by atoms with Crippen LogP contribution in [0.1, 0.15) is 25.7 Å². The minimum atomic E-state index is -0.609. The Balaban J connectivity index is 1.41. The van der Waals surface area contributed by atoms with Crippen LogP contribution in [0.15, 0.2) is 24.3 Å². The van der Waals surface area contributed by atoms with Gasteiger partial charge in [-0.2, -0.15) is 0 Å². The van der Waals surface area contributed by atoms with E-state index in [1.807, 2.05) is 9.80 Å². The molecule has 1 spiro atoms. The first-order chi connectivity index (χ1) is 14.3. The predicted octanol–water partition coefficient (Wildman–Crippen LogP) is 5.24. The summed E-state index contributed by atoms with van der Waals surface area (Å²) < 4.78 is 47.8. The van der Waals surface area contributed by atoms with Crippen LogP contribution < -0.4 is 20.3 Å². The van der Waals surface area contributed by atoms with E-state index in [1.54, 1.807) is 6.07 Å². The average molecular weight is 440 g/mol. The number of hydrogen-bond acceptors (Lipinski definition) is 4. The highest BCUT2D eigenvalue weighted by Gasteiger charge is 2.38. The lowest BCUT2D eigenvalue weighted by Crippen LogP contribution is -2.47. The molecule has 2 aromatic carbocycles. The molecule has 8 heteroatoms. The fourth-order valence-electron chi connectivity index (χ4n) is 4.68. The Morgan fingerprint density at radius 2 is 1.33 bits per heavy atom. The number of nitrogens with two attached hydrogens (primary N) is 1. The fourth-order valence-corrected chi connectivity index (χ4v) is 4.83. The van der Waals surface area contributed by atoms with Gasteiger partial charge in [-0.3, -0.25) is 0 Å². The molecule has 2 N–H and O–H groups in total. The number of piperidine rings is 2. The Bertz CT molecular complexity index is 938. The molecule has 0 aromatic heterocycles. The Morgan fingerprint density at radius 3 is 1.87 bits per heavy atom. The molecule has 2 aromatic rings. The van der Waals surface area contributed by atoms with E-state index < -0.39 is 11.6 Å². The molecule has 30 heavy (non-hydrogen) atoms. The number of nitrogen functional groups attached to an aromatic ring is 1. The van der Waals surface area contributed by atoms with Gasteiger partial charge in [-0.25, -0.2) is 13.2 Å². The Labute approximate surface area is 179 Å². The van der Waals surface area contributed by atoms with Crippen LogP contribution in [0.5, 0.6) is 5.75 Å². The van der Waals surface area contributed by atoms with E-state index in [1.165, 1.54) is 19.2 Å². The molecule has 0 unspecified atom stereocenters. The van der Waals surface area contributed by atoms with Gasteiger partial charge in [-0.1, -0.05) is 11.6 Å². The second-order valence-electron chi connectivity index (χ2n) is 8.24. The third kappa shape index (κ3) is 3.87. The highest BCUT2D eigenvalue weighted by Crippen LogP contribution is 2.44. The van der Waals surface area contributed by atoms with E-state index in [-0.39, 0.29) is 27.6 Å². The van der Waals surface area contributed by atoms with E-state index in [0.717, 1.165) is 44.8 Å². The molecule has 162 valence electrons. The summed E-state index contributed by atoms with van der Waals surface area (Å²) in [7, 11) is 1.52. The highest BCUT2D eigenvalue weighted by molar-refractivity contribution is 6.30. The summed E-state index contributed by atoms with van der Waals surface area (Å²) in [6, 6.07) is 5.17. The minimum Gasteiger partial charge on any atom is -0.495 e. The summed E-state index contributed by atoms with van der Waals surface area (Å²) in [6.07, 6.45) is 3.62. The lowest BCUT2D eigenvalue weighted by Gasteiger charge is -2.48. The van der Waals surface area contributed by atoms with Crippen LogP contribution in [0.2, 0.25) is 5.02 Å². The third-order valence-corrected chi connectivity index (χ3v) is 6.91. The Kier molecular flexibility index (Phi) is 5.66. The van der Waals surface area contributed by atoms with Crippen molar-refractivity contribution >= 4 is 28.7 Å². The quantitative estimate of drug-likeness (QED) is 0.525. The van der Waals surface area contributed by atoms with Gasteiger partial charge in [0.25, 0.3) is 0 Å². The van der Waals surface area contributed by atoms with Crippen molar-refractivity contribution < 1.29 is 17.9 Å². The topological polar surface area (TPSA) is 41.7 Å². The SMILES string of the molecule is COc1cc(N2CCC3(CCN(c4cc(F)c(Cl)cc4F)CC3)CC2)c(F)cc1N. The summed E-state index contributed by atoms with van der Waals surface area (Å²) in [5.74, 6) is -0.987. The number of nitrogens with zero attached hydrogens (tertiary/aromatic N) is 2. The van der Waals surface area contributed by atoms with Crippen LogP contribution >= 0.6 is 11.6 Å². The van der Waals surface area contributed by atoms with Gasteiger partial charge in [-0.15, -0.1) is 0 Å². The highest BCUT2D eigenvalue weighted by atomic mass is 35.5. The lowest BCUT2D eigenvalue weighted by atomic mass is 9.71. The van der Waals surface area contributed by atoms with Gasteiger partial charge >= 0.3 is 0 Å². The zero-order valence-corrected chi connectivity index (χ0v) is 17.6. The van der Waals surface area contributed by atoms with Crippen LogP contribution in [0.4, 0.5) is 30.2 Å². The van der Waals surface area contributed by atoms with Crippen LogP contribution in [-0.4, -0.2) is 33.3 Å². The first kappa shape index (κ1) is 21.0. The Hall–Kier alpha value is -2.28. The van der Waals surface area contributed by atoms with Gasteiger partial charge in [0.2, 0.25) is 0 Å². The molecule has 4 rings (SSSR count). The van der Waals surface area contributed by atoms with Crippen molar-refractivity contribution in [2.45, 2.75) is 25.7 Å². The van der Waals surface area contributed by atoms with Crippen LogP contribution in [-0.2, 0) is 0 Å². The number of halogens is 4. The van der Waals surface area contributed by atoms with Crippen molar-refractivity contribution in [1.29, 1.82) is 0 Å². The van der Waals surface area contributed by atoms with Gasteiger partial charge in [0, 0.05) is 44.4 Å². The molecule has 2 aliphatic heterocycles. The number of benzene rings is 2. The number of rotatable bonds is 3. The summed E-state index contributed by atoms with van der Waals surface area (Å²) in [4.78, 5) is 3.92. The molecular formula is C22H25ClF3N3O. The average Bonchev–Trinajstić information content (AvgIpc) is 2.73. The molecule has 0 saturated carbocycles. The lowest BCUT2D eigenvalue weighted by molar-refractivity contribution is 0.166. The zero-order chi connectivity index (χ0) is 21.5. The van der Waals surface area contributed by atoms with Crippen molar-refractivity contribution in [2.75, 3.05) is 48.8 Å². The summed E-state index contributed by atoms with van der Waals surface area (Å²) >= 11 is 5.66. The molecule has 0 amide bonds. The molecule has 2 fully saturated rings. The number of hydrogen-bond donors (Lipinski definition) is 1. The van der Waals surface area contributed by atoms with Crippen molar-refractivity contribution in [3.8, 4) is 5.75 Å². The number of ether oxygens (including phenoxy) is 1. The van der Waals surface area contributed by atoms with Crippen LogP contribution in [0, 0.1) is 22.9 Å². The molecule has 2 aliphatic rings. The fraction of sp³-hybridized carbons (Fsp3) is 0.455. The molecule has 0 bridgehead atoms. The van der Waals surface area contributed by atoms with E-state index in [9.17, 15) is 13.2 Å². The van der Waals surface area contributed by atoms with E-state index in [4.69, 9.17) is 22.1 Å². The molecule has 4 nitrogen and oxygen atoms in total. The Morgan fingerprint density at radius 1 is 0.833 bits per heavy atom. The largest absolute Gasteiger partial charge is 0.495 e. The first-order valence-corrected chi connectivity index (χ1v) is 10.5.